The molecule has 0 amide bonds. The predicted octanol–water partition coefficient (Wildman–Crippen LogP) is 7.01. The number of hydrogen-bond donors (Lipinski definition) is 0. The van der Waals surface area contributed by atoms with Crippen LogP contribution in [0.1, 0.15) is 110 Å². The number of rotatable bonds is 21. The van der Waals surface area contributed by atoms with Crippen molar-refractivity contribution < 1.29 is 19.1 Å². The fraction of sp³-hybridized carbons (Fsp3) is 0.793. The van der Waals surface area contributed by atoms with Crippen LogP contribution in [0.4, 0.5) is 0 Å². The van der Waals surface area contributed by atoms with Crippen LogP contribution in [0.15, 0.2) is 24.3 Å². The fourth-order valence-corrected chi connectivity index (χ4v) is 4.00. The summed E-state index contributed by atoms with van der Waals surface area (Å²) in [5.74, 6) is -0.266. The van der Waals surface area contributed by atoms with Gasteiger partial charge in [-0.25, -0.2) is 0 Å². The summed E-state index contributed by atoms with van der Waals surface area (Å²) >= 11 is 0. The fourth-order valence-electron chi connectivity index (χ4n) is 4.00. The summed E-state index contributed by atoms with van der Waals surface area (Å²) in [7, 11) is 0. The Balaban J connectivity index is 1.87. The second kappa shape index (κ2) is 21.9. The van der Waals surface area contributed by atoms with Crippen LogP contribution in [0.2, 0.25) is 0 Å². The zero-order valence-electron chi connectivity index (χ0n) is 22.1. The Kier molecular flexibility index (Phi) is 19.6. The molecule has 1 fully saturated rings. The molecule has 5 heteroatoms. The minimum Gasteiger partial charge on any atom is -0.465 e. The van der Waals surface area contributed by atoms with Crippen LogP contribution < -0.4 is 0 Å². The molecule has 1 unspecified atom stereocenters. The third-order valence-corrected chi connectivity index (χ3v) is 6.22. The zero-order valence-corrected chi connectivity index (χ0v) is 22.1. The van der Waals surface area contributed by atoms with Gasteiger partial charge in [0.1, 0.15) is 0 Å². The van der Waals surface area contributed by atoms with Crippen LogP contribution >= 0.6 is 0 Å². The van der Waals surface area contributed by atoms with Crippen LogP contribution in [0.3, 0.4) is 0 Å². The van der Waals surface area contributed by atoms with Crippen molar-refractivity contribution >= 4 is 11.9 Å². The third kappa shape index (κ3) is 18.8. The van der Waals surface area contributed by atoms with E-state index in [1.165, 1.54) is 57.8 Å². The molecule has 5 nitrogen and oxygen atoms in total. The van der Waals surface area contributed by atoms with E-state index in [2.05, 4.69) is 36.1 Å². The highest BCUT2D eigenvalue weighted by Crippen LogP contribution is 2.10. The van der Waals surface area contributed by atoms with Gasteiger partial charge in [-0.1, -0.05) is 70.3 Å². The van der Waals surface area contributed by atoms with Crippen molar-refractivity contribution in [1.29, 1.82) is 0 Å². The van der Waals surface area contributed by atoms with Gasteiger partial charge in [-0.15, -0.1) is 0 Å². The minimum atomic E-state index is -0.157. The molecule has 1 rings (SSSR count). The normalized spacial score (nSPS) is 15.4. The molecule has 34 heavy (non-hydrogen) atoms. The number of ether oxygens (including phenoxy) is 2. The number of unbranched alkanes of at least 4 members (excludes halogenated alkanes) is 8. The van der Waals surface area contributed by atoms with E-state index in [-0.39, 0.29) is 17.9 Å². The lowest BCUT2D eigenvalue weighted by molar-refractivity contribution is -0.148. The molecular weight excluding hydrogens is 426 g/mol. The molecule has 0 bridgehead atoms. The molecule has 0 radical (unpaired) electrons. The van der Waals surface area contributed by atoms with Crippen LogP contribution in [-0.2, 0) is 19.1 Å². The second-order valence-electron chi connectivity index (χ2n) is 9.75. The van der Waals surface area contributed by atoms with Crippen LogP contribution in [0.25, 0.3) is 0 Å². The van der Waals surface area contributed by atoms with Crippen molar-refractivity contribution in [3.63, 3.8) is 0 Å². The highest BCUT2D eigenvalue weighted by Gasteiger charge is 2.14. The number of esters is 2. The maximum atomic E-state index is 11.9. The molecule has 1 aliphatic heterocycles. The average Bonchev–Trinajstić information content (AvgIpc) is 3.36. The maximum Gasteiger partial charge on any atom is 0.307 e. The van der Waals surface area contributed by atoms with Crippen molar-refractivity contribution in [1.82, 2.24) is 4.90 Å². The van der Waals surface area contributed by atoms with Gasteiger partial charge in [0.15, 0.2) is 0 Å². The third-order valence-electron chi connectivity index (χ3n) is 6.22. The van der Waals surface area contributed by atoms with Gasteiger partial charge in [0.2, 0.25) is 0 Å². The summed E-state index contributed by atoms with van der Waals surface area (Å²) in [6, 6.07) is 0. The lowest BCUT2D eigenvalue weighted by Crippen LogP contribution is -2.24. The van der Waals surface area contributed by atoms with Gasteiger partial charge >= 0.3 is 11.9 Å². The maximum absolute atomic E-state index is 11.9. The SMILES string of the molecule is CCCCC/C=C\C/C=C\CCCCCCCC(=O)OCC(C)COC(=O)CCN1CCCC1. The van der Waals surface area contributed by atoms with Gasteiger partial charge in [0.25, 0.3) is 0 Å². The summed E-state index contributed by atoms with van der Waals surface area (Å²) in [5, 5.41) is 0. The summed E-state index contributed by atoms with van der Waals surface area (Å²) in [4.78, 5) is 26.1. The Morgan fingerprint density at radius 1 is 0.765 bits per heavy atom. The quantitative estimate of drug-likeness (QED) is 0.101. The van der Waals surface area contributed by atoms with Crippen LogP contribution in [0.5, 0.6) is 0 Å². The smallest absolute Gasteiger partial charge is 0.307 e. The molecule has 0 aromatic carbocycles. The molecule has 1 saturated heterocycles. The second-order valence-corrected chi connectivity index (χ2v) is 9.75. The summed E-state index contributed by atoms with van der Waals surface area (Å²) in [6.45, 7) is 7.79. The van der Waals surface area contributed by atoms with Gasteiger partial charge < -0.3 is 14.4 Å². The first-order chi connectivity index (χ1) is 16.6. The van der Waals surface area contributed by atoms with Crippen molar-refractivity contribution in [3.8, 4) is 0 Å². The molecule has 1 atom stereocenters. The summed E-state index contributed by atoms with van der Waals surface area (Å²) in [5.41, 5.74) is 0. The number of likely N-dealkylation sites (tertiary alicyclic amines) is 1. The van der Waals surface area contributed by atoms with E-state index in [1.54, 1.807) is 0 Å². The van der Waals surface area contributed by atoms with Gasteiger partial charge in [-0.2, -0.15) is 0 Å². The number of nitrogens with zero attached hydrogens (tertiary/aromatic N) is 1. The Morgan fingerprint density at radius 3 is 1.97 bits per heavy atom. The highest BCUT2D eigenvalue weighted by atomic mass is 16.5. The van der Waals surface area contributed by atoms with Crippen molar-refractivity contribution in [2.45, 2.75) is 110 Å². The van der Waals surface area contributed by atoms with Crippen molar-refractivity contribution in [2.75, 3.05) is 32.8 Å². The van der Waals surface area contributed by atoms with Gasteiger partial charge in [-0.05, 0) is 64.5 Å². The first-order valence-corrected chi connectivity index (χ1v) is 14.0. The lowest BCUT2D eigenvalue weighted by atomic mass is 10.1. The molecule has 0 N–H and O–H groups in total. The van der Waals surface area contributed by atoms with E-state index in [0.717, 1.165) is 45.3 Å². The monoisotopic (exact) mass is 477 g/mol. The van der Waals surface area contributed by atoms with E-state index in [4.69, 9.17) is 9.47 Å². The van der Waals surface area contributed by atoms with E-state index in [1.807, 2.05) is 6.92 Å². The molecule has 0 aliphatic carbocycles. The Labute approximate surface area is 209 Å². The van der Waals surface area contributed by atoms with E-state index < -0.39 is 0 Å². The number of carbonyl (C=O) groups excluding carboxylic acids is 2. The topological polar surface area (TPSA) is 55.8 Å². The first kappa shape index (κ1) is 30.4. The van der Waals surface area contributed by atoms with Gasteiger partial charge in [0, 0.05) is 18.9 Å². The number of allylic oxidation sites excluding steroid dienone is 4. The lowest BCUT2D eigenvalue weighted by Gasteiger charge is -2.15. The number of hydrogen-bond acceptors (Lipinski definition) is 5. The van der Waals surface area contributed by atoms with Crippen LogP contribution in [-0.4, -0.2) is 49.7 Å². The molecule has 196 valence electrons. The molecule has 0 saturated carbocycles. The van der Waals surface area contributed by atoms with Gasteiger partial charge in [-0.3, -0.25) is 9.59 Å². The first-order valence-electron chi connectivity index (χ1n) is 14.0. The average molecular weight is 478 g/mol. The highest BCUT2D eigenvalue weighted by molar-refractivity contribution is 5.70. The largest absolute Gasteiger partial charge is 0.465 e. The van der Waals surface area contributed by atoms with E-state index in [0.29, 0.717) is 26.1 Å². The summed E-state index contributed by atoms with van der Waals surface area (Å²) < 4.78 is 10.7. The molecule has 1 aliphatic rings. The van der Waals surface area contributed by atoms with Crippen LogP contribution in [0, 0.1) is 5.92 Å². The zero-order chi connectivity index (χ0) is 24.7. The van der Waals surface area contributed by atoms with Crippen molar-refractivity contribution in [3.05, 3.63) is 24.3 Å². The molecule has 1 heterocycles. The Morgan fingerprint density at radius 2 is 1.32 bits per heavy atom. The predicted molar refractivity (Wildman–Crippen MR) is 141 cm³/mol. The molecule has 0 aromatic rings. The van der Waals surface area contributed by atoms with E-state index >= 15 is 0 Å². The molecular formula is C29H51NO4. The van der Waals surface area contributed by atoms with Crippen molar-refractivity contribution in [2.24, 2.45) is 5.92 Å². The molecule has 0 aromatic heterocycles. The van der Waals surface area contributed by atoms with Gasteiger partial charge in [0.05, 0.1) is 19.6 Å². The minimum absolute atomic E-state index is 0.0317. The Hall–Kier alpha value is -1.62. The van der Waals surface area contributed by atoms with E-state index in [9.17, 15) is 9.59 Å². The molecule has 0 spiro atoms. The summed E-state index contributed by atoms with van der Waals surface area (Å²) in [6.07, 6.45) is 25.4. The standard InChI is InChI=1S/C29H51NO4/c1-3-4-5-6-7-8-9-10-11-12-13-14-15-16-17-20-28(31)33-25-27(2)26-34-29(32)21-24-30-22-18-19-23-30/h7-8,10-11,27H,3-6,9,12-26H2,1-2H3/b8-7-,11-10-. The Bertz CT molecular complexity index is 566. The number of carbonyl (C=O) groups is 2.